The summed E-state index contributed by atoms with van der Waals surface area (Å²) in [6.45, 7) is 0. The Kier molecular flexibility index (Phi) is 3.66. The lowest BCUT2D eigenvalue weighted by Gasteiger charge is -2.00. The number of nitrogens with one attached hydrogen (secondary N) is 1. The molecule has 5 N–H and O–H groups in total. The third kappa shape index (κ3) is 2.92. The highest BCUT2D eigenvalue weighted by Gasteiger charge is 2.18. The van der Waals surface area contributed by atoms with Crippen LogP contribution in [0.3, 0.4) is 0 Å². The third-order valence-corrected chi connectivity index (χ3v) is 2.95. The van der Waals surface area contributed by atoms with Gasteiger partial charge >= 0.3 is 5.69 Å². The highest BCUT2D eigenvalue weighted by molar-refractivity contribution is 7.14. The van der Waals surface area contributed by atoms with E-state index in [0.717, 1.165) is 12.1 Å². The van der Waals surface area contributed by atoms with Crippen molar-refractivity contribution in [2.75, 3.05) is 11.2 Å². The summed E-state index contributed by atoms with van der Waals surface area (Å²) < 4.78 is 0. The van der Waals surface area contributed by atoms with E-state index in [9.17, 15) is 20.3 Å². The van der Waals surface area contributed by atoms with Crippen LogP contribution in [-0.4, -0.2) is 26.3 Å². The van der Waals surface area contributed by atoms with Crippen molar-refractivity contribution in [1.82, 2.24) is 4.98 Å². The second-order valence-corrected chi connectivity index (χ2v) is 4.47. The van der Waals surface area contributed by atoms with Crippen molar-refractivity contribution < 1.29 is 15.1 Å². The van der Waals surface area contributed by atoms with E-state index < -0.39 is 22.1 Å². The average molecular weight is 295 g/mol. The molecule has 0 spiro atoms. The van der Waals surface area contributed by atoms with Crippen LogP contribution in [0.1, 0.15) is 5.56 Å². The van der Waals surface area contributed by atoms with Crippen LogP contribution < -0.4 is 11.2 Å². The van der Waals surface area contributed by atoms with Gasteiger partial charge in [0.05, 0.1) is 11.1 Å². The van der Waals surface area contributed by atoms with Gasteiger partial charge in [-0.25, -0.2) is 4.98 Å². The molecule has 1 aromatic heterocycles. The summed E-state index contributed by atoms with van der Waals surface area (Å²) >= 11 is 1.24. The highest BCUT2D eigenvalue weighted by atomic mass is 32.1. The minimum atomic E-state index is -0.804. The van der Waals surface area contributed by atoms with Crippen LogP contribution in [0, 0.1) is 10.1 Å². The number of phenolic OH excluding ortho intramolecular Hbond substituents is 2. The molecule has 1 aromatic carbocycles. The van der Waals surface area contributed by atoms with Crippen molar-refractivity contribution in [3.63, 3.8) is 0 Å². The molecule has 104 valence electrons. The lowest BCUT2D eigenvalue weighted by Crippen LogP contribution is -1.94. The molecule has 20 heavy (non-hydrogen) atoms. The van der Waals surface area contributed by atoms with Crippen molar-refractivity contribution in [1.29, 1.82) is 0 Å². The van der Waals surface area contributed by atoms with Crippen molar-refractivity contribution in [3.8, 4) is 11.5 Å². The Morgan fingerprint density at radius 3 is 2.85 bits per heavy atom. The van der Waals surface area contributed by atoms with E-state index in [-0.39, 0.29) is 5.56 Å². The maximum Gasteiger partial charge on any atom is 0.315 e. The number of nitro groups is 1. The van der Waals surface area contributed by atoms with Gasteiger partial charge < -0.3 is 15.9 Å². The first kappa shape index (κ1) is 13.5. The minimum absolute atomic E-state index is 0.240. The summed E-state index contributed by atoms with van der Waals surface area (Å²) in [6.07, 6.45) is 1.24. The highest BCUT2D eigenvalue weighted by Crippen LogP contribution is 2.35. The van der Waals surface area contributed by atoms with Crippen LogP contribution >= 0.6 is 11.3 Å². The van der Waals surface area contributed by atoms with E-state index in [1.165, 1.54) is 17.6 Å². The second kappa shape index (κ2) is 5.40. The number of benzene rings is 1. The number of nitro benzene ring substituents is 1. The molecule has 9 nitrogen and oxygen atoms in total. The lowest BCUT2D eigenvalue weighted by atomic mass is 10.2. The van der Waals surface area contributed by atoms with Crippen LogP contribution in [0.15, 0.2) is 22.6 Å². The first-order chi connectivity index (χ1) is 9.47. The predicted octanol–water partition coefficient (Wildman–Crippen LogP) is 1.49. The van der Waals surface area contributed by atoms with Gasteiger partial charge in [0.15, 0.2) is 5.75 Å². The van der Waals surface area contributed by atoms with Gasteiger partial charge in [0.25, 0.3) is 0 Å². The van der Waals surface area contributed by atoms with Gasteiger partial charge in [-0.05, 0) is 6.07 Å². The molecular weight excluding hydrogens is 286 g/mol. The Labute approximate surface area is 116 Å². The van der Waals surface area contributed by atoms with Crippen LogP contribution in [-0.2, 0) is 0 Å². The number of hydrogen-bond donors (Lipinski definition) is 4. The van der Waals surface area contributed by atoms with E-state index in [2.05, 4.69) is 15.5 Å². The quantitative estimate of drug-likeness (QED) is 0.289. The average Bonchev–Trinajstić information content (AvgIpc) is 2.79. The monoisotopic (exact) mass is 295 g/mol. The number of nitrogens with zero attached hydrogens (tertiary/aromatic N) is 3. The van der Waals surface area contributed by atoms with Gasteiger partial charge in [0.1, 0.15) is 5.82 Å². The molecule has 0 aliphatic rings. The second-order valence-electron chi connectivity index (χ2n) is 3.61. The number of nitrogen functional groups attached to an aromatic ring is 1. The third-order valence-electron chi connectivity index (χ3n) is 2.18. The maximum absolute atomic E-state index is 10.7. The lowest BCUT2D eigenvalue weighted by molar-refractivity contribution is -0.386. The number of aromatic hydroxyl groups is 2. The summed E-state index contributed by atoms with van der Waals surface area (Å²) in [6, 6.07) is 2.22. The van der Waals surface area contributed by atoms with Crippen molar-refractivity contribution in [2.45, 2.75) is 0 Å². The molecule has 0 aliphatic heterocycles. The van der Waals surface area contributed by atoms with Gasteiger partial charge in [-0.1, -0.05) is 0 Å². The molecule has 0 saturated heterocycles. The summed E-state index contributed by atoms with van der Waals surface area (Å²) in [7, 11) is 0. The zero-order chi connectivity index (χ0) is 14.7. The summed E-state index contributed by atoms with van der Waals surface area (Å²) in [5.41, 5.74) is 7.64. The summed E-state index contributed by atoms with van der Waals surface area (Å²) in [5, 5.41) is 35.3. The summed E-state index contributed by atoms with van der Waals surface area (Å²) in [4.78, 5) is 13.8. The van der Waals surface area contributed by atoms with Gasteiger partial charge in [-0.2, -0.15) is 5.10 Å². The molecule has 0 radical (unpaired) electrons. The zero-order valence-corrected chi connectivity index (χ0v) is 10.7. The Morgan fingerprint density at radius 1 is 1.50 bits per heavy atom. The van der Waals surface area contributed by atoms with Crippen molar-refractivity contribution in [2.24, 2.45) is 5.10 Å². The zero-order valence-electron chi connectivity index (χ0n) is 9.85. The molecule has 0 amide bonds. The standard InChI is InChI=1S/C10H9N5O4S/c11-8-4-20-10(13-8)14-12-3-5-1-6(15(18)19)9(17)7(16)2-5/h1-4,16-17H,11H2,(H,13,14). The fourth-order valence-corrected chi connectivity index (χ4v) is 1.89. The first-order valence-corrected chi connectivity index (χ1v) is 6.06. The van der Waals surface area contributed by atoms with E-state index >= 15 is 0 Å². The first-order valence-electron chi connectivity index (χ1n) is 5.18. The van der Waals surface area contributed by atoms with E-state index in [1.807, 2.05) is 0 Å². The predicted molar refractivity (Wildman–Crippen MR) is 74.2 cm³/mol. The fourth-order valence-electron chi connectivity index (χ4n) is 1.34. The maximum atomic E-state index is 10.7. The van der Waals surface area contributed by atoms with Gasteiger partial charge in [0.2, 0.25) is 10.9 Å². The molecule has 2 aromatic rings. The van der Waals surface area contributed by atoms with Gasteiger partial charge in [-0.15, -0.1) is 11.3 Å². The molecule has 0 atom stereocenters. The Bertz CT molecular complexity index is 684. The molecule has 0 fully saturated rings. The van der Waals surface area contributed by atoms with Crippen LogP contribution in [0.25, 0.3) is 0 Å². The number of hydrazone groups is 1. The number of aromatic nitrogens is 1. The van der Waals surface area contributed by atoms with Crippen LogP contribution in [0.2, 0.25) is 0 Å². The molecular formula is C10H9N5O4S. The molecule has 0 aliphatic carbocycles. The summed E-state index contributed by atoms with van der Waals surface area (Å²) in [5.74, 6) is -1.03. The normalized spacial score (nSPS) is 10.8. The minimum Gasteiger partial charge on any atom is -0.504 e. The molecule has 1 heterocycles. The number of rotatable bonds is 4. The Morgan fingerprint density at radius 2 is 2.25 bits per heavy atom. The van der Waals surface area contributed by atoms with Crippen molar-refractivity contribution in [3.05, 3.63) is 33.2 Å². The number of anilines is 2. The Balaban J connectivity index is 2.19. The fraction of sp³-hybridized carbons (Fsp3) is 0. The van der Waals surface area contributed by atoms with Crippen LogP contribution in [0.5, 0.6) is 11.5 Å². The molecule has 10 heteroatoms. The largest absolute Gasteiger partial charge is 0.504 e. The number of nitrogens with two attached hydrogens (primary N) is 1. The number of hydrogen-bond acceptors (Lipinski definition) is 9. The van der Waals surface area contributed by atoms with Gasteiger partial charge in [0, 0.05) is 17.0 Å². The number of phenols is 2. The topological polar surface area (TPSA) is 147 Å². The molecule has 2 rings (SSSR count). The SMILES string of the molecule is Nc1csc(NN=Cc2cc(O)c(O)c([N+](=O)[O-])c2)n1. The Hall–Kier alpha value is -2.88. The van der Waals surface area contributed by atoms with Crippen LogP contribution in [0.4, 0.5) is 16.6 Å². The van der Waals surface area contributed by atoms with Crippen molar-refractivity contribution >= 4 is 34.2 Å². The van der Waals surface area contributed by atoms with E-state index in [1.54, 1.807) is 5.38 Å². The van der Waals surface area contributed by atoms with E-state index in [4.69, 9.17) is 5.73 Å². The molecule has 0 unspecified atom stereocenters. The number of thiazole rings is 1. The van der Waals surface area contributed by atoms with E-state index in [0.29, 0.717) is 10.9 Å². The smallest absolute Gasteiger partial charge is 0.315 e. The molecule has 0 bridgehead atoms. The molecule has 0 saturated carbocycles. The van der Waals surface area contributed by atoms with Gasteiger partial charge in [-0.3, -0.25) is 15.5 Å².